The molecule has 4 aromatic carbocycles. The van der Waals surface area contributed by atoms with Crippen molar-refractivity contribution in [1.29, 1.82) is 0 Å². The van der Waals surface area contributed by atoms with Crippen LogP contribution in [0.2, 0.25) is 0 Å². The summed E-state index contributed by atoms with van der Waals surface area (Å²) in [6.07, 6.45) is -10.7. The summed E-state index contributed by atoms with van der Waals surface area (Å²) in [5, 5.41) is 49.8. The second-order valence-electron chi connectivity index (χ2n) is 12.8. The van der Waals surface area contributed by atoms with Gasteiger partial charge in [0.2, 0.25) is 0 Å². The number of nitrogens with one attached hydrogen (secondary N) is 2. The molecule has 1 unspecified atom stereocenters. The minimum atomic E-state index is -2.33. The van der Waals surface area contributed by atoms with E-state index in [-0.39, 0.29) is 24.0 Å². The Morgan fingerprint density at radius 3 is 1.42 bits per heavy atom. The van der Waals surface area contributed by atoms with Gasteiger partial charge in [-0.25, -0.2) is 17.6 Å². The van der Waals surface area contributed by atoms with Gasteiger partial charge in [-0.1, -0.05) is 48.5 Å². The van der Waals surface area contributed by atoms with E-state index in [0.717, 1.165) is 47.5 Å². The molecule has 0 aliphatic heterocycles. The minimum Gasteiger partial charge on any atom is -0.390 e. The lowest BCUT2D eigenvalue weighted by Gasteiger charge is -2.32. The van der Waals surface area contributed by atoms with Crippen LogP contribution >= 0.6 is 0 Å². The van der Waals surface area contributed by atoms with Crippen molar-refractivity contribution in [2.75, 3.05) is 0 Å². The highest BCUT2D eigenvalue weighted by molar-refractivity contribution is 5.84. The summed E-state index contributed by atoms with van der Waals surface area (Å²) in [5.41, 5.74) is 1.94. The third-order valence-electron chi connectivity index (χ3n) is 9.34. The predicted octanol–water partition coefficient (Wildman–Crippen LogP) is 2.98. The summed E-state index contributed by atoms with van der Waals surface area (Å²) in [5.74, 6) is -5.64. The average molecular weight is 725 g/mol. The van der Waals surface area contributed by atoms with Crippen LogP contribution in [0.15, 0.2) is 84.9 Å². The van der Waals surface area contributed by atoms with Gasteiger partial charge in [0.25, 0.3) is 11.8 Å². The van der Waals surface area contributed by atoms with Crippen LogP contribution in [-0.2, 0) is 45.1 Å². The summed E-state index contributed by atoms with van der Waals surface area (Å²) in [7, 11) is 0. The first-order chi connectivity index (χ1) is 24.9. The van der Waals surface area contributed by atoms with Gasteiger partial charge in [-0.15, -0.1) is 0 Å². The van der Waals surface area contributed by atoms with E-state index in [0.29, 0.717) is 11.1 Å². The zero-order valence-electron chi connectivity index (χ0n) is 27.5. The van der Waals surface area contributed by atoms with Gasteiger partial charge in [0.1, 0.15) is 35.5 Å². The Bertz CT molecular complexity index is 1790. The molecule has 0 saturated heterocycles. The van der Waals surface area contributed by atoms with E-state index in [4.69, 9.17) is 9.47 Å². The van der Waals surface area contributed by atoms with E-state index in [1.54, 1.807) is 48.5 Å². The lowest BCUT2D eigenvalue weighted by molar-refractivity contribution is -0.171. The summed E-state index contributed by atoms with van der Waals surface area (Å²) in [4.78, 5) is 27.7. The van der Waals surface area contributed by atoms with Crippen LogP contribution in [0.3, 0.4) is 0 Å². The molecule has 274 valence electrons. The van der Waals surface area contributed by atoms with Crippen molar-refractivity contribution in [2.45, 2.75) is 74.8 Å². The van der Waals surface area contributed by atoms with Crippen LogP contribution < -0.4 is 10.6 Å². The summed E-state index contributed by atoms with van der Waals surface area (Å²) in [6, 6.07) is 16.8. The van der Waals surface area contributed by atoms with Crippen molar-refractivity contribution in [3.8, 4) is 0 Å². The fourth-order valence-electron chi connectivity index (χ4n) is 6.65. The van der Waals surface area contributed by atoms with Crippen LogP contribution in [-0.4, -0.2) is 68.9 Å². The summed E-state index contributed by atoms with van der Waals surface area (Å²) >= 11 is 0. The Morgan fingerprint density at radius 1 is 0.635 bits per heavy atom. The number of amides is 2. The van der Waals surface area contributed by atoms with Gasteiger partial charge >= 0.3 is 0 Å². The lowest BCUT2D eigenvalue weighted by atomic mass is 9.99. The predicted molar refractivity (Wildman–Crippen MR) is 176 cm³/mol. The Kier molecular flexibility index (Phi) is 11.3. The quantitative estimate of drug-likeness (QED) is 0.115. The number of hydrogen-bond donors (Lipinski definition) is 6. The molecule has 0 heterocycles. The molecule has 0 saturated carbocycles. The summed E-state index contributed by atoms with van der Waals surface area (Å²) in [6.45, 7) is -1.57. The molecule has 2 aliphatic carbocycles. The molecule has 6 N–H and O–H groups in total. The maximum absolute atomic E-state index is 14.6. The van der Waals surface area contributed by atoms with Crippen LogP contribution in [0.5, 0.6) is 0 Å². The highest BCUT2D eigenvalue weighted by atomic mass is 19.1. The number of carbonyl (C=O) groups is 2. The van der Waals surface area contributed by atoms with E-state index in [2.05, 4.69) is 10.6 Å². The first-order valence-electron chi connectivity index (χ1n) is 16.5. The van der Waals surface area contributed by atoms with Crippen molar-refractivity contribution in [3.63, 3.8) is 0 Å². The highest BCUT2D eigenvalue weighted by Crippen LogP contribution is 2.33. The second kappa shape index (κ2) is 15.9. The fraction of sp³-hybridized carbons (Fsp3) is 0.316. The van der Waals surface area contributed by atoms with Crippen molar-refractivity contribution < 1.29 is 57.1 Å². The molecule has 14 heteroatoms. The number of ether oxygens (including phenoxy) is 2. The molecular weight excluding hydrogens is 688 g/mol. The van der Waals surface area contributed by atoms with Gasteiger partial charge in [0.15, 0.2) is 12.2 Å². The van der Waals surface area contributed by atoms with Gasteiger partial charge in [-0.2, -0.15) is 0 Å². The van der Waals surface area contributed by atoms with Crippen LogP contribution in [0.1, 0.15) is 45.5 Å². The van der Waals surface area contributed by atoms with E-state index in [1.807, 2.05) is 0 Å². The largest absolute Gasteiger partial charge is 0.390 e. The monoisotopic (exact) mass is 724 g/mol. The standard InChI is InChI=1S/C38H36F4N2O8/c39-23-9-11-27(41)21(13-23)17-51-35(37(49)43-31-25-7-3-1-5-19(25)15-29(31)45)33(47)34(48)36(52-18-22-14-24(40)10-12-28(22)42)38(50)44-32-26-8-4-2-6-20(26)16-30(32)46/h1-14,29-36,45-48H,15-18H2,(H,43,49)(H,44,50)/t29-,30-,31+,32?,33-,34-,35-,36-/m1/s1. The van der Waals surface area contributed by atoms with Gasteiger partial charge in [0.05, 0.1) is 37.5 Å². The lowest BCUT2D eigenvalue weighted by Crippen LogP contribution is -2.57. The first kappa shape index (κ1) is 37.1. The Balaban J connectivity index is 1.29. The first-order valence-corrected chi connectivity index (χ1v) is 16.5. The minimum absolute atomic E-state index is 0.190. The molecule has 6 rings (SSSR count). The van der Waals surface area contributed by atoms with Crippen molar-refractivity contribution in [1.82, 2.24) is 10.6 Å². The van der Waals surface area contributed by atoms with Crippen molar-refractivity contribution in [2.24, 2.45) is 0 Å². The molecule has 2 aliphatic rings. The third-order valence-corrected chi connectivity index (χ3v) is 9.34. The van der Waals surface area contributed by atoms with Crippen molar-refractivity contribution >= 4 is 11.8 Å². The third kappa shape index (κ3) is 8.02. The normalized spacial score (nSPS) is 21.5. The number of aliphatic hydroxyl groups excluding tert-OH is 4. The zero-order chi connectivity index (χ0) is 37.1. The molecule has 0 aromatic heterocycles. The van der Waals surface area contributed by atoms with Gasteiger partial charge < -0.3 is 40.5 Å². The van der Waals surface area contributed by atoms with Crippen LogP contribution in [0, 0.1) is 23.3 Å². The number of halogens is 4. The average Bonchev–Trinajstić information content (AvgIpc) is 3.61. The number of benzene rings is 4. The smallest absolute Gasteiger partial charge is 0.252 e. The fourth-order valence-corrected chi connectivity index (χ4v) is 6.65. The maximum atomic E-state index is 14.6. The number of rotatable bonds is 13. The van der Waals surface area contributed by atoms with Gasteiger partial charge in [-0.3, -0.25) is 9.59 Å². The molecule has 52 heavy (non-hydrogen) atoms. The zero-order valence-corrected chi connectivity index (χ0v) is 27.5. The molecule has 0 spiro atoms. The summed E-state index contributed by atoms with van der Waals surface area (Å²) < 4.78 is 68.3. The number of carbonyl (C=O) groups excluding carboxylic acids is 2. The second-order valence-corrected chi connectivity index (χ2v) is 12.8. The molecule has 10 nitrogen and oxygen atoms in total. The number of fused-ring (bicyclic) bond motifs is 2. The van der Waals surface area contributed by atoms with E-state index >= 15 is 0 Å². The number of aliphatic hydroxyl groups is 4. The van der Waals surface area contributed by atoms with Gasteiger partial charge in [0, 0.05) is 24.0 Å². The molecule has 0 radical (unpaired) electrons. The van der Waals surface area contributed by atoms with Gasteiger partial charge in [-0.05, 0) is 58.7 Å². The topological polar surface area (TPSA) is 158 Å². The highest BCUT2D eigenvalue weighted by Gasteiger charge is 2.44. The molecule has 0 fully saturated rings. The Morgan fingerprint density at radius 2 is 1.02 bits per heavy atom. The van der Waals surface area contributed by atoms with E-state index in [9.17, 15) is 47.6 Å². The molecule has 0 bridgehead atoms. The SMILES string of the molecule is O=C(NC1c2ccccc2C[C@H]1O)[C@H](OCc1cc(F)ccc1F)[C@H](O)[C@@H](O)[C@@H](OCc1cc(F)ccc1F)C(=O)N[C@H]1c2ccccc2C[C@H]1O. The Hall–Kier alpha value is -4.70. The maximum Gasteiger partial charge on any atom is 0.252 e. The number of hydrogen-bond acceptors (Lipinski definition) is 8. The van der Waals surface area contributed by atoms with E-state index in [1.165, 1.54) is 0 Å². The van der Waals surface area contributed by atoms with Crippen LogP contribution in [0.4, 0.5) is 17.6 Å². The van der Waals surface area contributed by atoms with E-state index < -0.39 is 97.0 Å². The molecular formula is C38H36F4N2O8. The Labute approximate surface area is 295 Å². The van der Waals surface area contributed by atoms with Crippen LogP contribution in [0.25, 0.3) is 0 Å². The molecule has 8 atom stereocenters. The van der Waals surface area contributed by atoms with Crippen molar-refractivity contribution in [3.05, 3.63) is 142 Å². The molecule has 2 amide bonds. The molecule has 4 aromatic rings.